The van der Waals surface area contributed by atoms with Crippen molar-refractivity contribution in [3.05, 3.63) is 57.6 Å². The SMILES string of the molecule is CC(=O)c1ccc(O)c2c1CCC21CCc2c(C(C)=O)ccc(O)c21. The molecule has 0 fully saturated rings. The van der Waals surface area contributed by atoms with Gasteiger partial charge in [0.15, 0.2) is 11.6 Å². The lowest BCUT2D eigenvalue weighted by atomic mass is 9.75. The third-order valence-corrected chi connectivity index (χ3v) is 5.90. The lowest BCUT2D eigenvalue weighted by molar-refractivity contribution is 0.100. The molecular formula is C21H20O4. The van der Waals surface area contributed by atoms with Crippen molar-refractivity contribution in [2.24, 2.45) is 0 Å². The van der Waals surface area contributed by atoms with Gasteiger partial charge in [0.25, 0.3) is 0 Å². The second kappa shape index (κ2) is 5.19. The summed E-state index contributed by atoms with van der Waals surface area (Å²) in [6.45, 7) is 3.07. The molecule has 4 nitrogen and oxygen atoms in total. The number of carbonyl (C=O) groups is 2. The number of rotatable bonds is 2. The summed E-state index contributed by atoms with van der Waals surface area (Å²) >= 11 is 0. The highest BCUT2D eigenvalue weighted by Crippen LogP contribution is 2.58. The van der Waals surface area contributed by atoms with Crippen LogP contribution in [0.25, 0.3) is 0 Å². The first-order chi connectivity index (χ1) is 11.9. The van der Waals surface area contributed by atoms with Gasteiger partial charge in [0.05, 0.1) is 0 Å². The van der Waals surface area contributed by atoms with Crippen LogP contribution in [-0.2, 0) is 18.3 Å². The Hall–Kier alpha value is -2.62. The highest BCUT2D eigenvalue weighted by molar-refractivity contribution is 5.98. The van der Waals surface area contributed by atoms with E-state index in [2.05, 4.69) is 0 Å². The van der Waals surface area contributed by atoms with Crippen LogP contribution in [-0.4, -0.2) is 21.8 Å². The number of phenolic OH excluding ortho intramolecular Hbond substituents is 2. The summed E-state index contributed by atoms with van der Waals surface area (Å²) in [6.07, 6.45) is 2.81. The topological polar surface area (TPSA) is 74.6 Å². The number of fused-ring (bicyclic) bond motifs is 4. The molecule has 2 aliphatic rings. The minimum atomic E-state index is -0.518. The number of phenols is 2. The lowest BCUT2D eigenvalue weighted by Crippen LogP contribution is -2.22. The number of carbonyl (C=O) groups excluding carboxylic acids is 2. The second-order valence-corrected chi connectivity index (χ2v) is 7.17. The van der Waals surface area contributed by atoms with Gasteiger partial charge in [-0.25, -0.2) is 0 Å². The van der Waals surface area contributed by atoms with E-state index in [1.807, 2.05) is 0 Å². The molecule has 0 aromatic heterocycles. The zero-order valence-electron chi connectivity index (χ0n) is 14.3. The van der Waals surface area contributed by atoms with E-state index in [1.165, 1.54) is 13.8 Å². The standard InChI is InChI=1S/C21H20O4/c1-11(22)13-3-5-17(24)19-15(13)7-9-21(19)10-8-16-14(12(2)23)4-6-18(25)20(16)21/h3-6,24-25H,7-10H2,1-2H3. The van der Waals surface area contributed by atoms with Crippen molar-refractivity contribution in [2.45, 2.75) is 44.9 Å². The number of Topliss-reactive ketones (excluding diaryl/α,β-unsaturated/α-hetero) is 2. The van der Waals surface area contributed by atoms with E-state index in [0.717, 1.165) is 35.1 Å². The Morgan fingerprint density at radius 2 is 1.20 bits per heavy atom. The maximum absolute atomic E-state index is 12.0. The Morgan fingerprint density at radius 1 is 0.800 bits per heavy atom. The van der Waals surface area contributed by atoms with Crippen molar-refractivity contribution in [1.29, 1.82) is 0 Å². The number of aromatic hydroxyl groups is 2. The molecule has 0 amide bonds. The quantitative estimate of drug-likeness (QED) is 0.820. The summed E-state index contributed by atoms with van der Waals surface area (Å²) in [5, 5.41) is 21.2. The van der Waals surface area contributed by atoms with E-state index < -0.39 is 5.41 Å². The maximum Gasteiger partial charge on any atom is 0.160 e. The van der Waals surface area contributed by atoms with E-state index in [0.29, 0.717) is 24.0 Å². The van der Waals surface area contributed by atoms with Gasteiger partial charge in [-0.2, -0.15) is 0 Å². The van der Waals surface area contributed by atoms with Crippen LogP contribution in [0.5, 0.6) is 11.5 Å². The molecule has 0 saturated heterocycles. The third kappa shape index (κ3) is 2.00. The summed E-state index contributed by atoms with van der Waals surface area (Å²) in [6, 6.07) is 6.51. The Balaban J connectivity index is 2.03. The molecule has 2 aromatic rings. The average molecular weight is 336 g/mol. The van der Waals surface area contributed by atoms with Crippen LogP contribution in [0.3, 0.4) is 0 Å². The monoisotopic (exact) mass is 336 g/mol. The summed E-state index contributed by atoms with van der Waals surface area (Å²) in [5.41, 5.74) is 4.04. The van der Waals surface area contributed by atoms with Gasteiger partial charge in [-0.15, -0.1) is 0 Å². The van der Waals surface area contributed by atoms with Crippen LogP contribution in [0.4, 0.5) is 0 Å². The van der Waals surface area contributed by atoms with Crippen LogP contribution in [0.15, 0.2) is 24.3 Å². The zero-order valence-corrected chi connectivity index (χ0v) is 14.3. The van der Waals surface area contributed by atoms with Gasteiger partial charge in [0, 0.05) is 27.7 Å². The normalized spacial score (nSPS) is 16.7. The van der Waals surface area contributed by atoms with Crippen molar-refractivity contribution in [3.63, 3.8) is 0 Å². The summed E-state index contributed by atoms with van der Waals surface area (Å²) in [4.78, 5) is 24.0. The Bertz CT molecular complexity index is 862. The summed E-state index contributed by atoms with van der Waals surface area (Å²) < 4.78 is 0. The molecule has 4 rings (SSSR count). The third-order valence-electron chi connectivity index (χ3n) is 5.90. The van der Waals surface area contributed by atoms with Crippen LogP contribution in [0.2, 0.25) is 0 Å². The first kappa shape index (κ1) is 15.9. The van der Waals surface area contributed by atoms with Gasteiger partial charge >= 0.3 is 0 Å². The van der Waals surface area contributed by atoms with Gasteiger partial charge in [-0.05, 0) is 74.9 Å². The van der Waals surface area contributed by atoms with E-state index in [9.17, 15) is 19.8 Å². The number of benzene rings is 2. The van der Waals surface area contributed by atoms with Crippen molar-refractivity contribution >= 4 is 11.6 Å². The van der Waals surface area contributed by atoms with Crippen LogP contribution >= 0.6 is 0 Å². The van der Waals surface area contributed by atoms with E-state index in [4.69, 9.17) is 0 Å². The molecule has 2 N–H and O–H groups in total. The van der Waals surface area contributed by atoms with Crippen LogP contribution < -0.4 is 0 Å². The molecule has 2 aliphatic carbocycles. The summed E-state index contributed by atoms with van der Waals surface area (Å²) in [7, 11) is 0. The van der Waals surface area contributed by atoms with Gasteiger partial charge in [-0.3, -0.25) is 9.59 Å². The van der Waals surface area contributed by atoms with Crippen molar-refractivity contribution < 1.29 is 19.8 Å². The molecule has 0 aliphatic heterocycles. The molecular weight excluding hydrogens is 316 g/mol. The van der Waals surface area contributed by atoms with Crippen LogP contribution in [0.1, 0.15) is 69.7 Å². The van der Waals surface area contributed by atoms with Gasteiger partial charge < -0.3 is 10.2 Å². The van der Waals surface area contributed by atoms with E-state index >= 15 is 0 Å². The highest BCUT2D eigenvalue weighted by atomic mass is 16.3. The molecule has 4 heteroatoms. The maximum atomic E-state index is 12.0. The molecule has 0 bridgehead atoms. The van der Waals surface area contributed by atoms with Gasteiger partial charge in [0.1, 0.15) is 11.5 Å². The Morgan fingerprint density at radius 3 is 1.56 bits per heavy atom. The molecule has 0 atom stereocenters. The van der Waals surface area contributed by atoms with Crippen molar-refractivity contribution in [2.75, 3.05) is 0 Å². The smallest absolute Gasteiger partial charge is 0.160 e. The number of hydrogen-bond donors (Lipinski definition) is 2. The molecule has 128 valence electrons. The highest BCUT2D eigenvalue weighted by Gasteiger charge is 2.49. The largest absolute Gasteiger partial charge is 0.508 e. The van der Waals surface area contributed by atoms with Crippen LogP contribution in [0, 0.1) is 0 Å². The fourth-order valence-electron chi connectivity index (χ4n) is 4.94. The fourth-order valence-corrected chi connectivity index (χ4v) is 4.94. The van der Waals surface area contributed by atoms with E-state index in [-0.39, 0.29) is 23.1 Å². The molecule has 0 heterocycles. The minimum absolute atomic E-state index is 0.0202. The predicted octanol–water partition coefficient (Wildman–Crippen LogP) is 3.68. The molecule has 0 radical (unpaired) electrons. The number of hydrogen-bond acceptors (Lipinski definition) is 4. The summed E-state index contributed by atoms with van der Waals surface area (Å²) in [5.74, 6) is 0.289. The van der Waals surface area contributed by atoms with E-state index in [1.54, 1.807) is 24.3 Å². The predicted molar refractivity (Wildman–Crippen MR) is 93.6 cm³/mol. The molecule has 0 unspecified atom stereocenters. The molecule has 1 spiro atoms. The Kier molecular flexibility index (Phi) is 3.29. The fraction of sp³-hybridized carbons (Fsp3) is 0.333. The minimum Gasteiger partial charge on any atom is -0.508 e. The lowest BCUT2D eigenvalue weighted by Gasteiger charge is -2.28. The van der Waals surface area contributed by atoms with Crippen molar-refractivity contribution in [3.8, 4) is 11.5 Å². The van der Waals surface area contributed by atoms with Gasteiger partial charge in [-0.1, -0.05) is 0 Å². The molecule has 25 heavy (non-hydrogen) atoms. The van der Waals surface area contributed by atoms with Crippen molar-refractivity contribution in [1.82, 2.24) is 0 Å². The molecule has 0 saturated carbocycles. The second-order valence-electron chi connectivity index (χ2n) is 7.17. The average Bonchev–Trinajstić information content (AvgIpc) is 3.12. The zero-order chi connectivity index (χ0) is 17.9. The number of ketones is 2. The molecule has 2 aromatic carbocycles. The van der Waals surface area contributed by atoms with Gasteiger partial charge in [0.2, 0.25) is 0 Å². The first-order valence-corrected chi connectivity index (χ1v) is 8.59. The Labute approximate surface area is 146 Å². The first-order valence-electron chi connectivity index (χ1n) is 8.59.